The van der Waals surface area contributed by atoms with Gasteiger partial charge >= 0.3 is 11.9 Å². The van der Waals surface area contributed by atoms with E-state index in [4.69, 9.17) is 16.6 Å². The molecule has 38 heavy (non-hydrogen) atoms. The molecule has 0 aliphatic carbocycles. The number of amides is 3. The van der Waals surface area contributed by atoms with Crippen LogP contribution < -0.4 is 27.4 Å². The Morgan fingerprint density at radius 1 is 0.816 bits per heavy atom. The average molecular weight is 536 g/mol. The van der Waals surface area contributed by atoms with Gasteiger partial charge in [0.15, 0.2) is 0 Å². The average Bonchev–Trinajstić information content (AvgIpc) is 2.85. The second-order valence-corrected chi connectivity index (χ2v) is 9.66. The first-order chi connectivity index (χ1) is 17.9. The lowest BCUT2D eigenvalue weighted by molar-refractivity contribution is -0.142. The first-order valence-electron chi connectivity index (χ1n) is 12.8. The number of benzene rings is 1. The number of nitrogens with two attached hydrogens (primary N) is 2. The van der Waals surface area contributed by atoms with Gasteiger partial charge in [0.1, 0.15) is 18.1 Å². The highest BCUT2D eigenvalue weighted by atomic mass is 16.4. The highest BCUT2D eigenvalue weighted by Gasteiger charge is 2.31. The Balaban J connectivity index is 3.07. The molecular weight excluding hydrogens is 494 g/mol. The molecule has 1 rings (SSSR count). The largest absolute Gasteiger partial charge is 0.481 e. The monoisotopic (exact) mass is 535 g/mol. The van der Waals surface area contributed by atoms with Crippen molar-refractivity contribution in [3.8, 4) is 0 Å². The molecule has 0 saturated carbocycles. The summed E-state index contributed by atoms with van der Waals surface area (Å²) in [6.07, 6.45) is 1.23. The van der Waals surface area contributed by atoms with Crippen LogP contribution in [0.2, 0.25) is 0 Å². The van der Waals surface area contributed by atoms with Crippen LogP contribution in [0.1, 0.15) is 57.9 Å². The minimum absolute atomic E-state index is 0.0124. The van der Waals surface area contributed by atoms with Gasteiger partial charge in [-0.25, -0.2) is 4.79 Å². The third-order valence-electron chi connectivity index (χ3n) is 5.82. The fourth-order valence-electron chi connectivity index (χ4n) is 3.75. The van der Waals surface area contributed by atoms with E-state index >= 15 is 0 Å². The first-order valence-corrected chi connectivity index (χ1v) is 12.8. The molecule has 4 unspecified atom stereocenters. The lowest BCUT2D eigenvalue weighted by atomic mass is 10.00. The van der Waals surface area contributed by atoms with E-state index in [-0.39, 0.29) is 38.0 Å². The molecule has 0 aliphatic rings. The van der Waals surface area contributed by atoms with Crippen LogP contribution in [0, 0.1) is 5.92 Å². The van der Waals surface area contributed by atoms with Crippen molar-refractivity contribution in [1.29, 1.82) is 0 Å². The molecule has 0 aromatic heterocycles. The van der Waals surface area contributed by atoms with Gasteiger partial charge in [-0.2, -0.15) is 0 Å². The maximum absolute atomic E-state index is 13.3. The van der Waals surface area contributed by atoms with Gasteiger partial charge in [0.05, 0.1) is 6.04 Å². The van der Waals surface area contributed by atoms with Crippen molar-refractivity contribution in [2.75, 3.05) is 6.54 Å². The van der Waals surface area contributed by atoms with E-state index in [1.54, 1.807) is 30.3 Å². The number of nitrogens with one attached hydrogen (secondary N) is 3. The van der Waals surface area contributed by atoms with E-state index in [1.165, 1.54) is 0 Å². The van der Waals surface area contributed by atoms with Gasteiger partial charge in [-0.05, 0) is 50.1 Å². The molecule has 212 valence electrons. The number of hydrogen-bond acceptors (Lipinski definition) is 7. The fourth-order valence-corrected chi connectivity index (χ4v) is 3.75. The lowest BCUT2D eigenvalue weighted by Crippen LogP contribution is -2.57. The van der Waals surface area contributed by atoms with Crippen LogP contribution in [-0.4, -0.2) is 70.6 Å². The van der Waals surface area contributed by atoms with Crippen LogP contribution in [0.25, 0.3) is 0 Å². The summed E-state index contributed by atoms with van der Waals surface area (Å²) in [6, 6.07) is 4.48. The number of carbonyl (C=O) groups is 5. The molecular formula is C26H41N5O7. The van der Waals surface area contributed by atoms with E-state index in [9.17, 15) is 29.1 Å². The molecule has 0 spiro atoms. The second-order valence-electron chi connectivity index (χ2n) is 9.66. The highest BCUT2D eigenvalue weighted by Crippen LogP contribution is 2.10. The number of carbonyl (C=O) groups excluding carboxylic acids is 3. The molecule has 0 heterocycles. The molecule has 0 saturated heterocycles. The summed E-state index contributed by atoms with van der Waals surface area (Å²) in [5.41, 5.74) is 12.0. The zero-order valence-electron chi connectivity index (χ0n) is 22.0. The van der Waals surface area contributed by atoms with E-state index in [0.717, 1.165) is 5.56 Å². The molecule has 9 N–H and O–H groups in total. The molecule has 4 atom stereocenters. The predicted molar refractivity (Wildman–Crippen MR) is 141 cm³/mol. The number of carboxylic acid groups (broad SMARTS) is 2. The van der Waals surface area contributed by atoms with Gasteiger partial charge in [0, 0.05) is 12.8 Å². The van der Waals surface area contributed by atoms with Gasteiger partial charge in [0.2, 0.25) is 17.7 Å². The first kappa shape index (κ1) is 32.5. The topological polar surface area (TPSA) is 214 Å². The standard InChI is InChI=1S/C26H41N5O7/c1-16(2)14-20(30-23(34)18(28)11-12-22(32)33)24(35)31-21(15-17-8-4-3-5-9-17)25(36)29-19(26(37)38)10-6-7-13-27/h3-5,8-9,16,18-21H,6-7,10-15,27-28H2,1-2H3,(H,29,36)(H,30,34)(H,31,35)(H,32,33)(H,37,38). The molecule has 0 radical (unpaired) electrons. The van der Waals surface area contributed by atoms with Gasteiger partial charge < -0.3 is 37.6 Å². The van der Waals surface area contributed by atoms with Crippen LogP contribution in [0.3, 0.4) is 0 Å². The minimum atomic E-state index is -1.19. The smallest absolute Gasteiger partial charge is 0.326 e. The Bertz CT molecular complexity index is 926. The SMILES string of the molecule is CC(C)CC(NC(=O)C(N)CCC(=O)O)C(=O)NC(Cc1ccccc1)C(=O)NC(CCCCN)C(=O)O. The van der Waals surface area contributed by atoms with Crippen molar-refractivity contribution in [3.63, 3.8) is 0 Å². The number of rotatable bonds is 18. The molecule has 1 aromatic carbocycles. The Kier molecular flexibility index (Phi) is 14.6. The van der Waals surface area contributed by atoms with Crippen LogP contribution in [0.4, 0.5) is 0 Å². The summed E-state index contributed by atoms with van der Waals surface area (Å²) in [5.74, 6) is -4.29. The zero-order chi connectivity index (χ0) is 28.7. The Labute approximate surface area is 222 Å². The number of aliphatic carboxylic acids is 2. The van der Waals surface area contributed by atoms with Crippen molar-refractivity contribution in [2.24, 2.45) is 17.4 Å². The second kappa shape index (κ2) is 17.1. The zero-order valence-corrected chi connectivity index (χ0v) is 22.0. The molecule has 1 aromatic rings. The summed E-state index contributed by atoms with van der Waals surface area (Å²) in [6.45, 7) is 4.10. The van der Waals surface area contributed by atoms with Gasteiger partial charge in [0.25, 0.3) is 0 Å². The van der Waals surface area contributed by atoms with Crippen LogP contribution in [0.5, 0.6) is 0 Å². The van der Waals surface area contributed by atoms with Crippen LogP contribution in [0.15, 0.2) is 30.3 Å². The minimum Gasteiger partial charge on any atom is -0.481 e. The van der Waals surface area contributed by atoms with Crippen molar-refractivity contribution >= 4 is 29.7 Å². The molecule has 0 aliphatic heterocycles. The number of hydrogen-bond donors (Lipinski definition) is 7. The molecule has 3 amide bonds. The van der Waals surface area contributed by atoms with Crippen LogP contribution >= 0.6 is 0 Å². The van der Waals surface area contributed by atoms with Gasteiger partial charge in [-0.1, -0.05) is 44.2 Å². The number of unbranched alkanes of at least 4 members (excludes halogenated alkanes) is 1. The lowest BCUT2D eigenvalue weighted by Gasteiger charge is -2.26. The summed E-state index contributed by atoms with van der Waals surface area (Å²) in [4.78, 5) is 61.5. The van der Waals surface area contributed by atoms with E-state index in [1.807, 2.05) is 13.8 Å². The van der Waals surface area contributed by atoms with E-state index in [0.29, 0.717) is 19.4 Å². The van der Waals surface area contributed by atoms with Crippen molar-refractivity contribution in [1.82, 2.24) is 16.0 Å². The molecule has 12 heteroatoms. The Hall–Kier alpha value is -3.51. The van der Waals surface area contributed by atoms with Crippen molar-refractivity contribution in [2.45, 2.75) is 83.0 Å². The normalized spacial score (nSPS) is 14.1. The van der Waals surface area contributed by atoms with Gasteiger partial charge in [-0.15, -0.1) is 0 Å². The van der Waals surface area contributed by atoms with E-state index in [2.05, 4.69) is 16.0 Å². The number of carboxylic acids is 2. The Morgan fingerprint density at radius 2 is 1.39 bits per heavy atom. The van der Waals surface area contributed by atoms with E-state index < -0.39 is 53.8 Å². The molecule has 0 bridgehead atoms. The maximum atomic E-state index is 13.3. The molecule has 0 fully saturated rings. The summed E-state index contributed by atoms with van der Waals surface area (Å²) in [7, 11) is 0. The molecule has 12 nitrogen and oxygen atoms in total. The van der Waals surface area contributed by atoms with Gasteiger partial charge in [-0.3, -0.25) is 19.2 Å². The third-order valence-corrected chi connectivity index (χ3v) is 5.82. The predicted octanol–water partition coefficient (Wildman–Crippen LogP) is 0.135. The third kappa shape index (κ3) is 12.6. The Morgan fingerprint density at radius 3 is 1.95 bits per heavy atom. The summed E-state index contributed by atoms with van der Waals surface area (Å²) < 4.78 is 0. The maximum Gasteiger partial charge on any atom is 0.326 e. The fraction of sp³-hybridized carbons (Fsp3) is 0.577. The summed E-state index contributed by atoms with van der Waals surface area (Å²) >= 11 is 0. The summed E-state index contributed by atoms with van der Waals surface area (Å²) in [5, 5.41) is 26.1. The highest BCUT2D eigenvalue weighted by molar-refractivity contribution is 5.94. The quantitative estimate of drug-likeness (QED) is 0.127. The van der Waals surface area contributed by atoms with Crippen molar-refractivity contribution < 1.29 is 34.2 Å². The van der Waals surface area contributed by atoms with Crippen LogP contribution in [-0.2, 0) is 30.4 Å². The van der Waals surface area contributed by atoms with Crippen molar-refractivity contribution in [3.05, 3.63) is 35.9 Å².